The summed E-state index contributed by atoms with van der Waals surface area (Å²) < 4.78 is 0. The van der Waals surface area contributed by atoms with Gasteiger partial charge in [-0.1, -0.05) is 0 Å². The van der Waals surface area contributed by atoms with E-state index in [4.69, 9.17) is 5.73 Å². The molecule has 30 heavy (non-hydrogen) atoms. The van der Waals surface area contributed by atoms with Gasteiger partial charge in [0.05, 0.1) is 21.7 Å². The molecule has 1 aromatic carbocycles. The number of amides is 2. The van der Waals surface area contributed by atoms with Gasteiger partial charge >= 0.3 is 0 Å². The molecule has 8 nitrogen and oxygen atoms in total. The number of piperidine rings is 1. The number of rotatable bonds is 5. The first-order valence-corrected chi connectivity index (χ1v) is 11.1. The number of hydrogen-bond donors (Lipinski definition) is 2. The van der Waals surface area contributed by atoms with Gasteiger partial charge in [-0.15, -0.1) is 11.3 Å². The van der Waals surface area contributed by atoms with Crippen LogP contribution in [0.4, 0.5) is 16.4 Å². The van der Waals surface area contributed by atoms with Gasteiger partial charge in [0.15, 0.2) is 0 Å². The summed E-state index contributed by atoms with van der Waals surface area (Å²) in [5.41, 5.74) is 7.73. The summed E-state index contributed by atoms with van der Waals surface area (Å²) in [5.74, 6) is -1.01. The first kappa shape index (κ1) is 20.3. The van der Waals surface area contributed by atoms with Crippen molar-refractivity contribution in [1.29, 1.82) is 0 Å². The number of benzene rings is 1. The number of nitro benzene ring substituents is 1. The van der Waals surface area contributed by atoms with Crippen LogP contribution in [0.5, 0.6) is 0 Å². The zero-order chi connectivity index (χ0) is 21.3. The number of nitrogens with two attached hydrogens (primary N) is 1. The molecular formula is C21H24N4O4S. The number of nitrogens with one attached hydrogen (secondary N) is 1. The number of primary amides is 1. The molecule has 1 aromatic heterocycles. The van der Waals surface area contributed by atoms with E-state index in [-0.39, 0.29) is 11.3 Å². The minimum atomic E-state index is -0.556. The Kier molecular flexibility index (Phi) is 5.72. The maximum Gasteiger partial charge on any atom is 0.270 e. The number of nitro groups is 1. The maximum absolute atomic E-state index is 13.2. The number of nitrogens with zero attached hydrogens (tertiary/aromatic N) is 2. The van der Waals surface area contributed by atoms with Crippen LogP contribution < -0.4 is 16.0 Å². The number of fused-ring (bicyclic) bond motifs is 1. The summed E-state index contributed by atoms with van der Waals surface area (Å²) in [6, 6.07) is 4.39. The molecule has 2 amide bonds. The zero-order valence-electron chi connectivity index (χ0n) is 16.6. The molecule has 158 valence electrons. The molecule has 0 saturated carbocycles. The van der Waals surface area contributed by atoms with Crippen molar-refractivity contribution < 1.29 is 14.5 Å². The maximum atomic E-state index is 13.2. The van der Waals surface area contributed by atoms with Crippen molar-refractivity contribution in [1.82, 2.24) is 0 Å². The number of hydrogen-bond acceptors (Lipinski definition) is 6. The molecule has 0 unspecified atom stereocenters. The average Bonchev–Trinajstić information content (AvgIpc) is 3.11. The van der Waals surface area contributed by atoms with Gasteiger partial charge in [-0.3, -0.25) is 19.7 Å². The number of carbonyl (C=O) groups excluding carboxylic acids is 2. The van der Waals surface area contributed by atoms with E-state index in [9.17, 15) is 19.7 Å². The van der Waals surface area contributed by atoms with Crippen molar-refractivity contribution in [2.24, 2.45) is 5.73 Å². The van der Waals surface area contributed by atoms with Crippen molar-refractivity contribution >= 4 is 39.5 Å². The van der Waals surface area contributed by atoms with Gasteiger partial charge in [0.1, 0.15) is 5.00 Å². The lowest BCUT2D eigenvalue weighted by atomic mass is 9.95. The Bertz CT molecular complexity index is 1010. The second-order valence-electron chi connectivity index (χ2n) is 7.74. The Morgan fingerprint density at radius 2 is 1.83 bits per heavy atom. The summed E-state index contributed by atoms with van der Waals surface area (Å²) >= 11 is 1.38. The molecular weight excluding hydrogens is 404 g/mol. The normalized spacial score (nSPS) is 16.1. The van der Waals surface area contributed by atoms with Crippen LogP contribution in [-0.4, -0.2) is 29.8 Å². The molecule has 2 aromatic rings. The quantitative estimate of drug-likeness (QED) is 0.553. The lowest BCUT2D eigenvalue weighted by Crippen LogP contribution is -2.31. The summed E-state index contributed by atoms with van der Waals surface area (Å²) in [4.78, 5) is 39.3. The third-order valence-electron chi connectivity index (χ3n) is 5.78. The van der Waals surface area contributed by atoms with Crippen LogP contribution in [0.2, 0.25) is 0 Å². The fraction of sp³-hybridized carbons (Fsp3) is 0.429. The highest BCUT2D eigenvalue weighted by Crippen LogP contribution is 2.38. The third kappa shape index (κ3) is 3.89. The van der Waals surface area contributed by atoms with E-state index in [0.29, 0.717) is 16.3 Å². The number of non-ortho nitro benzene ring substituents is 1. The zero-order valence-corrected chi connectivity index (χ0v) is 17.4. The largest absolute Gasteiger partial charge is 0.371 e. The Labute approximate surface area is 178 Å². The van der Waals surface area contributed by atoms with Crippen LogP contribution in [0, 0.1) is 10.1 Å². The molecule has 0 spiro atoms. The number of aryl methyl sites for hydroxylation is 1. The molecule has 0 atom stereocenters. The van der Waals surface area contributed by atoms with E-state index >= 15 is 0 Å². The van der Waals surface area contributed by atoms with E-state index in [1.165, 1.54) is 23.5 Å². The highest BCUT2D eigenvalue weighted by molar-refractivity contribution is 7.17. The molecule has 9 heteroatoms. The molecule has 1 saturated heterocycles. The predicted octanol–water partition coefficient (Wildman–Crippen LogP) is 3.88. The number of anilines is 2. The summed E-state index contributed by atoms with van der Waals surface area (Å²) in [6.07, 6.45) is 6.84. The molecule has 1 aliphatic heterocycles. The van der Waals surface area contributed by atoms with E-state index in [2.05, 4.69) is 10.2 Å². The highest BCUT2D eigenvalue weighted by atomic mass is 32.1. The summed E-state index contributed by atoms with van der Waals surface area (Å²) in [5, 5.41) is 14.6. The van der Waals surface area contributed by atoms with Crippen molar-refractivity contribution in [3.8, 4) is 0 Å². The van der Waals surface area contributed by atoms with Gasteiger partial charge in [0, 0.05) is 30.1 Å². The molecule has 3 N–H and O–H groups in total. The number of carbonyl (C=O) groups is 2. The topological polar surface area (TPSA) is 119 Å². The van der Waals surface area contributed by atoms with Gasteiger partial charge < -0.3 is 16.0 Å². The van der Waals surface area contributed by atoms with Gasteiger partial charge in [-0.25, -0.2) is 0 Å². The van der Waals surface area contributed by atoms with Crippen molar-refractivity contribution in [3.63, 3.8) is 0 Å². The molecule has 2 aliphatic rings. The fourth-order valence-corrected chi connectivity index (χ4v) is 5.60. The molecule has 0 radical (unpaired) electrons. The van der Waals surface area contributed by atoms with Crippen molar-refractivity contribution in [2.45, 2.75) is 44.9 Å². The molecule has 2 heterocycles. The summed E-state index contributed by atoms with van der Waals surface area (Å²) in [7, 11) is 0. The van der Waals surface area contributed by atoms with Crippen molar-refractivity contribution in [3.05, 3.63) is 49.9 Å². The first-order chi connectivity index (χ1) is 14.5. The fourth-order valence-electron chi connectivity index (χ4n) is 4.32. The SMILES string of the molecule is NC(=O)c1c(NC(=O)c2cc([N+](=O)[O-])ccc2N2CCCCC2)sc2c1CCCC2. The minimum Gasteiger partial charge on any atom is -0.371 e. The molecule has 4 rings (SSSR count). The summed E-state index contributed by atoms with van der Waals surface area (Å²) in [6.45, 7) is 1.61. The Morgan fingerprint density at radius 1 is 1.10 bits per heavy atom. The van der Waals surface area contributed by atoms with Crippen molar-refractivity contribution in [2.75, 3.05) is 23.3 Å². The van der Waals surface area contributed by atoms with Crippen LogP contribution in [0.25, 0.3) is 0 Å². The lowest BCUT2D eigenvalue weighted by Gasteiger charge is -2.30. The van der Waals surface area contributed by atoms with Crippen LogP contribution >= 0.6 is 11.3 Å². The van der Waals surface area contributed by atoms with Crippen LogP contribution in [0.1, 0.15) is 63.3 Å². The van der Waals surface area contributed by atoms with Gasteiger partial charge in [-0.05, 0) is 56.6 Å². The second-order valence-corrected chi connectivity index (χ2v) is 8.84. The van der Waals surface area contributed by atoms with Crippen LogP contribution in [0.15, 0.2) is 18.2 Å². The standard InChI is InChI=1S/C21H24N4O4S/c22-19(26)18-14-6-2-3-7-17(14)30-21(18)23-20(27)15-12-13(25(28)29)8-9-16(15)24-10-4-1-5-11-24/h8-9,12H,1-7,10-11H2,(H2,22,26)(H,23,27). The van der Waals surface area contributed by atoms with E-state index < -0.39 is 16.7 Å². The Balaban J connectivity index is 1.71. The Morgan fingerprint density at radius 3 is 2.53 bits per heavy atom. The van der Waals surface area contributed by atoms with Crippen LogP contribution in [0.3, 0.4) is 0 Å². The Hall–Kier alpha value is -2.94. The first-order valence-electron chi connectivity index (χ1n) is 10.2. The monoisotopic (exact) mass is 428 g/mol. The number of thiophene rings is 1. The van der Waals surface area contributed by atoms with Gasteiger partial charge in [-0.2, -0.15) is 0 Å². The molecule has 1 fully saturated rings. The minimum absolute atomic E-state index is 0.137. The van der Waals surface area contributed by atoms with Gasteiger partial charge in [0.25, 0.3) is 17.5 Å². The van der Waals surface area contributed by atoms with E-state index in [0.717, 1.165) is 68.5 Å². The predicted molar refractivity (Wildman–Crippen MR) is 117 cm³/mol. The molecule has 1 aliphatic carbocycles. The second kappa shape index (κ2) is 8.43. The van der Waals surface area contributed by atoms with E-state index in [1.807, 2.05) is 0 Å². The third-order valence-corrected chi connectivity index (χ3v) is 6.98. The van der Waals surface area contributed by atoms with E-state index in [1.54, 1.807) is 6.07 Å². The van der Waals surface area contributed by atoms with Gasteiger partial charge in [0.2, 0.25) is 0 Å². The average molecular weight is 429 g/mol. The highest BCUT2D eigenvalue weighted by Gasteiger charge is 2.27. The molecule has 0 bridgehead atoms. The smallest absolute Gasteiger partial charge is 0.270 e. The lowest BCUT2D eigenvalue weighted by molar-refractivity contribution is -0.384. The van der Waals surface area contributed by atoms with Crippen LogP contribution in [-0.2, 0) is 12.8 Å².